The number of Topliss-reactive ketones (excluding diaryl/α,β-unsaturated/α-hetero) is 2. The molecule has 21 heavy (non-hydrogen) atoms. The molecule has 1 aromatic carbocycles. The number of hydrazone groups is 1. The SMILES string of the molecule is CCN1N=CC=C/C1=C1\C(=O)c2cc(C)cc(C)c2C1=O. The minimum Gasteiger partial charge on any atom is -0.288 e. The third kappa shape index (κ3) is 1.95. The monoisotopic (exact) mass is 280 g/mol. The van der Waals surface area contributed by atoms with Gasteiger partial charge < -0.3 is 0 Å². The molecule has 4 nitrogen and oxygen atoms in total. The number of hydrogen-bond donors (Lipinski definition) is 0. The van der Waals surface area contributed by atoms with Gasteiger partial charge in [0.2, 0.25) is 0 Å². The van der Waals surface area contributed by atoms with Gasteiger partial charge in [0.05, 0.1) is 11.3 Å². The summed E-state index contributed by atoms with van der Waals surface area (Å²) in [5, 5.41) is 5.88. The molecule has 3 rings (SSSR count). The second kappa shape index (κ2) is 4.81. The molecule has 106 valence electrons. The van der Waals surface area contributed by atoms with Gasteiger partial charge in [0, 0.05) is 23.9 Å². The number of carbonyl (C=O) groups excluding carboxylic acids is 2. The molecule has 1 aliphatic carbocycles. The molecule has 2 aliphatic rings. The van der Waals surface area contributed by atoms with E-state index in [-0.39, 0.29) is 17.1 Å². The highest BCUT2D eigenvalue weighted by Crippen LogP contribution is 2.33. The number of hydrogen-bond acceptors (Lipinski definition) is 4. The summed E-state index contributed by atoms with van der Waals surface area (Å²) in [7, 11) is 0. The average Bonchev–Trinajstić information content (AvgIpc) is 2.70. The van der Waals surface area contributed by atoms with E-state index in [1.807, 2.05) is 26.8 Å². The quantitative estimate of drug-likeness (QED) is 0.587. The van der Waals surface area contributed by atoms with E-state index in [4.69, 9.17) is 0 Å². The lowest BCUT2D eigenvalue weighted by atomic mass is 10.0. The van der Waals surface area contributed by atoms with Gasteiger partial charge in [-0.1, -0.05) is 11.6 Å². The molecule has 4 heteroatoms. The van der Waals surface area contributed by atoms with Crippen molar-refractivity contribution in [2.75, 3.05) is 6.54 Å². The van der Waals surface area contributed by atoms with E-state index in [1.165, 1.54) is 0 Å². The molecule has 0 fully saturated rings. The summed E-state index contributed by atoms with van der Waals surface area (Å²) < 4.78 is 0. The Hall–Kier alpha value is -2.49. The number of allylic oxidation sites excluding steroid dienone is 3. The van der Waals surface area contributed by atoms with Crippen molar-refractivity contribution in [2.24, 2.45) is 5.10 Å². The summed E-state index contributed by atoms with van der Waals surface area (Å²) >= 11 is 0. The molecule has 0 N–H and O–H groups in total. The van der Waals surface area contributed by atoms with Gasteiger partial charge in [-0.15, -0.1) is 0 Å². The molecule has 1 aromatic rings. The van der Waals surface area contributed by atoms with Gasteiger partial charge in [0.1, 0.15) is 0 Å². The molecule has 0 aromatic heterocycles. The third-order valence-corrected chi connectivity index (χ3v) is 3.79. The van der Waals surface area contributed by atoms with Gasteiger partial charge in [0.25, 0.3) is 0 Å². The second-order valence-electron chi connectivity index (χ2n) is 5.26. The number of benzene rings is 1. The Balaban J connectivity index is 2.23. The van der Waals surface area contributed by atoms with Crippen molar-refractivity contribution >= 4 is 17.8 Å². The maximum absolute atomic E-state index is 12.7. The summed E-state index contributed by atoms with van der Waals surface area (Å²) in [6, 6.07) is 3.73. The summed E-state index contributed by atoms with van der Waals surface area (Å²) in [4.78, 5) is 25.4. The van der Waals surface area contributed by atoms with Crippen molar-refractivity contribution in [1.29, 1.82) is 0 Å². The van der Waals surface area contributed by atoms with Crippen molar-refractivity contribution in [2.45, 2.75) is 20.8 Å². The van der Waals surface area contributed by atoms with Crippen LogP contribution in [-0.2, 0) is 0 Å². The Kier molecular flexibility index (Phi) is 3.09. The van der Waals surface area contributed by atoms with Crippen LogP contribution in [0.5, 0.6) is 0 Å². The van der Waals surface area contributed by atoms with E-state index in [1.54, 1.807) is 29.4 Å². The molecule has 0 amide bonds. The Morgan fingerprint density at radius 2 is 1.90 bits per heavy atom. The number of aryl methyl sites for hydroxylation is 2. The fraction of sp³-hybridized carbons (Fsp3) is 0.235. The van der Waals surface area contributed by atoms with Crippen molar-refractivity contribution in [3.05, 3.63) is 57.8 Å². The molecule has 0 spiro atoms. The van der Waals surface area contributed by atoms with Crippen LogP contribution in [0.1, 0.15) is 38.8 Å². The number of fused-ring (bicyclic) bond motifs is 1. The number of carbonyl (C=O) groups is 2. The maximum Gasteiger partial charge on any atom is 0.200 e. The van der Waals surface area contributed by atoms with E-state index in [0.29, 0.717) is 23.4 Å². The van der Waals surface area contributed by atoms with Gasteiger partial charge >= 0.3 is 0 Å². The number of likely N-dealkylation sites (N-methyl/N-ethyl adjacent to an activating group) is 1. The van der Waals surface area contributed by atoms with Crippen LogP contribution in [0.4, 0.5) is 0 Å². The van der Waals surface area contributed by atoms with Gasteiger partial charge in [0.15, 0.2) is 11.6 Å². The molecule has 0 atom stereocenters. The number of ketones is 2. The van der Waals surface area contributed by atoms with Crippen molar-refractivity contribution < 1.29 is 9.59 Å². The van der Waals surface area contributed by atoms with Crippen LogP contribution in [0.15, 0.2) is 40.7 Å². The lowest BCUT2D eigenvalue weighted by Crippen LogP contribution is -2.22. The van der Waals surface area contributed by atoms with Crippen LogP contribution in [0.25, 0.3) is 0 Å². The minimum atomic E-state index is -0.197. The van der Waals surface area contributed by atoms with Crippen molar-refractivity contribution in [3.8, 4) is 0 Å². The van der Waals surface area contributed by atoms with Crippen LogP contribution >= 0.6 is 0 Å². The van der Waals surface area contributed by atoms with Crippen LogP contribution in [0.3, 0.4) is 0 Å². The largest absolute Gasteiger partial charge is 0.288 e. The van der Waals surface area contributed by atoms with Gasteiger partial charge in [-0.25, -0.2) is 0 Å². The fourth-order valence-electron chi connectivity index (χ4n) is 2.91. The molecule has 0 saturated heterocycles. The van der Waals surface area contributed by atoms with Crippen LogP contribution in [-0.4, -0.2) is 29.3 Å². The standard InChI is InChI=1S/C17H16N2O2/c1-4-19-13(6-5-7-18-19)15-16(20)12-9-10(2)8-11(3)14(12)17(15)21/h5-9H,4H2,1-3H3/b15-13-. The van der Waals surface area contributed by atoms with Gasteiger partial charge in [-0.3, -0.25) is 14.6 Å². The first-order valence-electron chi connectivity index (χ1n) is 6.97. The molecule has 1 aliphatic heterocycles. The van der Waals surface area contributed by atoms with Crippen molar-refractivity contribution in [3.63, 3.8) is 0 Å². The van der Waals surface area contributed by atoms with E-state index < -0.39 is 0 Å². The van der Waals surface area contributed by atoms with E-state index >= 15 is 0 Å². The molecule has 0 saturated carbocycles. The molecular formula is C17H16N2O2. The normalized spacial score (nSPS) is 20.4. The van der Waals surface area contributed by atoms with E-state index in [0.717, 1.165) is 11.1 Å². The third-order valence-electron chi connectivity index (χ3n) is 3.79. The molecular weight excluding hydrogens is 264 g/mol. The average molecular weight is 280 g/mol. The predicted molar refractivity (Wildman–Crippen MR) is 81.6 cm³/mol. The van der Waals surface area contributed by atoms with Gasteiger partial charge in [-0.05, 0) is 44.6 Å². The lowest BCUT2D eigenvalue weighted by molar-refractivity contribution is 0.0983. The maximum atomic E-state index is 12.7. The smallest absolute Gasteiger partial charge is 0.200 e. The lowest BCUT2D eigenvalue weighted by Gasteiger charge is -2.21. The van der Waals surface area contributed by atoms with E-state index in [2.05, 4.69) is 5.10 Å². The fourth-order valence-corrected chi connectivity index (χ4v) is 2.91. The van der Waals surface area contributed by atoms with Crippen LogP contribution in [0.2, 0.25) is 0 Å². The summed E-state index contributed by atoms with van der Waals surface area (Å²) in [6.07, 6.45) is 5.17. The summed E-state index contributed by atoms with van der Waals surface area (Å²) in [5.74, 6) is -0.389. The van der Waals surface area contributed by atoms with Gasteiger partial charge in [-0.2, -0.15) is 5.10 Å². The first-order chi connectivity index (χ1) is 10.0. The minimum absolute atomic E-state index is 0.192. The zero-order valence-corrected chi connectivity index (χ0v) is 12.3. The Morgan fingerprint density at radius 1 is 1.14 bits per heavy atom. The highest BCUT2D eigenvalue weighted by Gasteiger charge is 2.37. The first-order valence-corrected chi connectivity index (χ1v) is 6.97. The molecule has 0 bridgehead atoms. The molecule has 0 unspecified atom stereocenters. The topological polar surface area (TPSA) is 49.7 Å². The first kappa shape index (κ1) is 13.5. The van der Waals surface area contributed by atoms with E-state index in [9.17, 15) is 9.59 Å². The predicted octanol–water partition coefficient (Wildman–Crippen LogP) is 2.81. The van der Waals surface area contributed by atoms with Crippen molar-refractivity contribution in [1.82, 2.24) is 5.01 Å². The summed E-state index contributed by atoms with van der Waals surface area (Å²) in [5.41, 5.74) is 3.71. The molecule has 1 heterocycles. The second-order valence-corrected chi connectivity index (χ2v) is 5.26. The van der Waals surface area contributed by atoms with Crippen LogP contribution in [0, 0.1) is 13.8 Å². The molecule has 0 radical (unpaired) electrons. The number of rotatable bonds is 1. The Morgan fingerprint density at radius 3 is 2.62 bits per heavy atom. The highest BCUT2D eigenvalue weighted by molar-refractivity contribution is 6.40. The van der Waals surface area contributed by atoms with Crippen LogP contribution < -0.4 is 0 Å². The zero-order valence-electron chi connectivity index (χ0n) is 12.3. The zero-order chi connectivity index (χ0) is 15.1. The Labute approximate surface area is 123 Å². The Bertz CT molecular complexity index is 754. The number of nitrogens with zero attached hydrogens (tertiary/aromatic N) is 2. The summed E-state index contributed by atoms with van der Waals surface area (Å²) in [6.45, 7) is 6.34. The highest BCUT2D eigenvalue weighted by atomic mass is 16.2.